The number of ether oxygens (including phenoxy) is 1. The van der Waals surface area contributed by atoms with Gasteiger partial charge in [-0.15, -0.1) is 0 Å². The molecule has 2 aromatic rings. The first-order valence-electron chi connectivity index (χ1n) is 6.00. The highest BCUT2D eigenvalue weighted by Crippen LogP contribution is 2.26. The van der Waals surface area contributed by atoms with Crippen molar-refractivity contribution in [1.29, 1.82) is 5.26 Å². The van der Waals surface area contributed by atoms with E-state index in [9.17, 15) is 4.79 Å². The van der Waals surface area contributed by atoms with Crippen molar-refractivity contribution >= 4 is 33.2 Å². The lowest BCUT2D eigenvalue weighted by Crippen LogP contribution is -2.16. The largest absolute Gasteiger partial charge is 0.496 e. The van der Waals surface area contributed by atoms with Crippen LogP contribution in [0.4, 0.5) is 11.4 Å². The summed E-state index contributed by atoms with van der Waals surface area (Å²) in [6, 6.07) is 12.0. The van der Waals surface area contributed by atoms with E-state index >= 15 is 0 Å². The van der Waals surface area contributed by atoms with E-state index < -0.39 is 5.91 Å². The Balaban J connectivity index is 2.38. The molecule has 21 heavy (non-hydrogen) atoms. The Morgan fingerprint density at radius 3 is 2.81 bits per heavy atom. The van der Waals surface area contributed by atoms with Crippen molar-refractivity contribution in [3.63, 3.8) is 0 Å². The van der Waals surface area contributed by atoms with Gasteiger partial charge in [0, 0.05) is 10.2 Å². The molecule has 2 rings (SSSR count). The molecule has 0 bridgehead atoms. The number of halogens is 1. The number of benzene rings is 2. The Kier molecular flexibility index (Phi) is 4.45. The Labute approximate surface area is 130 Å². The summed E-state index contributed by atoms with van der Waals surface area (Å²) in [6.07, 6.45) is 0. The Morgan fingerprint density at radius 2 is 2.14 bits per heavy atom. The van der Waals surface area contributed by atoms with Gasteiger partial charge >= 0.3 is 0 Å². The van der Waals surface area contributed by atoms with Crippen molar-refractivity contribution in [1.82, 2.24) is 0 Å². The second-order valence-corrected chi connectivity index (χ2v) is 5.10. The van der Waals surface area contributed by atoms with Gasteiger partial charge in [0.1, 0.15) is 17.4 Å². The maximum atomic E-state index is 12.4. The van der Waals surface area contributed by atoms with Crippen LogP contribution in [0, 0.1) is 11.3 Å². The Morgan fingerprint density at radius 1 is 1.38 bits per heavy atom. The second-order valence-electron chi connectivity index (χ2n) is 4.18. The Bertz CT molecular complexity index is 738. The van der Waals surface area contributed by atoms with Gasteiger partial charge in [0.2, 0.25) is 0 Å². The molecule has 1 amide bonds. The first-order chi connectivity index (χ1) is 10.1. The molecule has 0 radical (unpaired) electrons. The smallest absolute Gasteiger partial charge is 0.261 e. The van der Waals surface area contributed by atoms with E-state index in [2.05, 4.69) is 21.2 Å². The third-order valence-electron chi connectivity index (χ3n) is 2.86. The number of carbonyl (C=O) groups excluding carboxylic acids is 1. The molecule has 0 atom stereocenters. The molecule has 5 nitrogen and oxygen atoms in total. The predicted molar refractivity (Wildman–Crippen MR) is 84.2 cm³/mol. The van der Waals surface area contributed by atoms with Gasteiger partial charge in [-0.1, -0.05) is 22.0 Å². The number of nitrogen functional groups attached to an aromatic ring is 1. The normalized spacial score (nSPS) is 9.76. The summed E-state index contributed by atoms with van der Waals surface area (Å²) in [7, 11) is 1.46. The molecule has 0 saturated heterocycles. The van der Waals surface area contributed by atoms with Crippen LogP contribution >= 0.6 is 15.9 Å². The number of anilines is 2. The number of nitriles is 1. The fourth-order valence-corrected chi connectivity index (χ4v) is 2.23. The van der Waals surface area contributed by atoms with E-state index in [1.165, 1.54) is 7.11 Å². The van der Waals surface area contributed by atoms with Gasteiger partial charge in [0.05, 0.1) is 18.4 Å². The quantitative estimate of drug-likeness (QED) is 0.836. The average Bonchev–Trinajstić information content (AvgIpc) is 2.48. The summed E-state index contributed by atoms with van der Waals surface area (Å²) in [5.41, 5.74) is 7.15. The number of rotatable bonds is 3. The maximum Gasteiger partial charge on any atom is 0.261 e. The third kappa shape index (κ3) is 3.15. The highest BCUT2D eigenvalue weighted by molar-refractivity contribution is 9.10. The van der Waals surface area contributed by atoms with Gasteiger partial charge in [-0.25, -0.2) is 0 Å². The minimum Gasteiger partial charge on any atom is -0.496 e. The molecule has 3 N–H and O–H groups in total. The van der Waals surface area contributed by atoms with Gasteiger partial charge < -0.3 is 15.8 Å². The third-order valence-corrected chi connectivity index (χ3v) is 3.35. The minimum absolute atomic E-state index is 0.242. The van der Waals surface area contributed by atoms with Crippen molar-refractivity contribution in [2.45, 2.75) is 0 Å². The average molecular weight is 346 g/mol. The molecular weight excluding hydrogens is 334 g/mol. The SMILES string of the molecule is COc1cccc(N)c1C(=O)Nc1ccc(Br)cc1C#N. The minimum atomic E-state index is -0.427. The van der Waals surface area contributed by atoms with Crippen LogP contribution in [0.5, 0.6) is 5.75 Å². The van der Waals surface area contributed by atoms with Crippen LogP contribution in [0.2, 0.25) is 0 Å². The molecule has 0 saturated carbocycles. The van der Waals surface area contributed by atoms with E-state index in [-0.39, 0.29) is 5.56 Å². The number of amides is 1. The van der Waals surface area contributed by atoms with Crippen LogP contribution < -0.4 is 15.8 Å². The van der Waals surface area contributed by atoms with Crippen LogP contribution in [-0.4, -0.2) is 13.0 Å². The van der Waals surface area contributed by atoms with Crippen molar-refractivity contribution in [2.24, 2.45) is 0 Å². The zero-order chi connectivity index (χ0) is 15.4. The molecule has 0 unspecified atom stereocenters. The van der Waals surface area contributed by atoms with Crippen molar-refractivity contribution < 1.29 is 9.53 Å². The maximum absolute atomic E-state index is 12.4. The molecule has 0 aliphatic heterocycles. The summed E-state index contributed by atoms with van der Waals surface area (Å²) in [4.78, 5) is 12.4. The molecule has 0 spiro atoms. The standard InChI is InChI=1S/C15H12BrN3O2/c1-21-13-4-2-3-11(18)14(13)15(20)19-12-6-5-10(16)7-9(12)8-17/h2-7H,18H2,1H3,(H,19,20). The van der Waals surface area contributed by atoms with Crippen molar-refractivity contribution in [3.05, 3.63) is 52.0 Å². The van der Waals surface area contributed by atoms with Crippen LogP contribution in [-0.2, 0) is 0 Å². The highest BCUT2D eigenvalue weighted by atomic mass is 79.9. The number of hydrogen-bond acceptors (Lipinski definition) is 4. The van der Waals surface area contributed by atoms with Gasteiger partial charge in [-0.3, -0.25) is 4.79 Å². The van der Waals surface area contributed by atoms with Crippen LogP contribution in [0.15, 0.2) is 40.9 Å². The molecule has 0 aliphatic carbocycles. The second kappa shape index (κ2) is 6.29. The molecule has 0 aliphatic rings. The van der Waals surface area contributed by atoms with Crippen LogP contribution in [0.3, 0.4) is 0 Å². The monoisotopic (exact) mass is 345 g/mol. The van der Waals surface area contributed by atoms with Crippen molar-refractivity contribution in [3.8, 4) is 11.8 Å². The van der Waals surface area contributed by atoms with Crippen LogP contribution in [0.25, 0.3) is 0 Å². The number of nitrogens with one attached hydrogen (secondary N) is 1. The highest BCUT2D eigenvalue weighted by Gasteiger charge is 2.17. The number of hydrogen-bond donors (Lipinski definition) is 2. The molecular formula is C15H12BrN3O2. The summed E-state index contributed by atoms with van der Waals surface area (Å²) in [5, 5.41) is 11.8. The zero-order valence-corrected chi connectivity index (χ0v) is 12.8. The van der Waals surface area contributed by atoms with E-state index in [1.54, 1.807) is 36.4 Å². The van der Waals surface area contributed by atoms with E-state index in [1.807, 2.05) is 6.07 Å². The number of carbonyl (C=O) groups is 1. The number of nitrogens with two attached hydrogens (primary N) is 1. The van der Waals surface area contributed by atoms with E-state index in [4.69, 9.17) is 15.7 Å². The summed E-state index contributed by atoms with van der Waals surface area (Å²) >= 11 is 3.28. The lowest BCUT2D eigenvalue weighted by atomic mass is 10.1. The molecule has 0 aromatic heterocycles. The summed E-state index contributed by atoms with van der Waals surface area (Å²) in [6.45, 7) is 0. The van der Waals surface area contributed by atoms with Crippen LogP contribution in [0.1, 0.15) is 15.9 Å². The topological polar surface area (TPSA) is 88.1 Å². The first kappa shape index (κ1) is 14.9. The van der Waals surface area contributed by atoms with Crippen molar-refractivity contribution in [2.75, 3.05) is 18.2 Å². The molecule has 6 heteroatoms. The molecule has 106 valence electrons. The van der Waals surface area contributed by atoms with E-state index in [0.29, 0.717) is 22.7 Å². The molecule has 2 aromatic carbocycles. The number of methoxy groups -OCH3 is 1. The zero-order valence-electron chi connectivity index (χ0n) is 11.2. The van der Waals surface area contributed by atoms with Gasteiger partial charge in [-0.05, 0) is 30.3 Å². The number of nitrogens with zero attached hydrogens (tertiary/aromatic N) is 1. The van der Waals surface area contributed by atoms with E-state index in [0.717, 1.165) is 4.47 Å². The lowest BCUT2D eigenvalue weighted by Gasteiger charge is -2.12. The molecule has 0 heterocycles. The fourth-order valence-electron chi connectivity index (χ4n) is 1.86. The van der Waals surface area contributed by atoms with Gasteiger partial charge in [0.15, 0.2) is 0 Å². The lowest BCUT2D eigenvalue weighted by molar-refractivity contribution is 0.102. The summed E-state index contributed by atoms with van der Waals surface area (Å²) in [5.74, 6) is -0.0492. The summed E-state index contributed by atoms with van der Waals surface area (Å²) < 4.78 is 5.91. The van der Waals surface area contributed by atoms with Gasteiger partial charge in [-0.2, -0.15) is 5.26 Å². The predicted octanol–water partition coefficient (Wildman–Crippen LogP) is 3.16. The van der Waals surface area contributed by atoms with Gasteiger partial charge in [0.25, 0.3) is 5.91 Å². The Hall–Kier alpha value is -2.52. The molecule has 0 fully saturated rings. The first-order valence-corrected chi connectivity index (χ1v) is 6.79. The fraction of sp³-hybridized carbons (Fsp3) is 0.0667.